The third-order valence-electron chi connectivity index (χ3n) is 3.51. The second-order valence-corrected chi connectivity index (χ2v) is 5.79. The summed E-state index contributed by atoms with van der Waals surface area (Å²) in [7, 11) is 1.83. The molecule has 2 atom stereocenters. The Kier molecular flexibility index (Phi) is 3.64. The molecule has 2 N–H and O–H groups in total. The summed E-state index contributed by atoms with van der Waals surface area (Å²) in [6, 6.07) is 6.13. The summed E-state index contributed by atoms with van der Waals surface area (Å²) in [6.45, 7) is 2.64. The first-order valence-electron chi connectivity index (χ1n) is 6.60. The van der Waals surface area contributed by atoms with Gasteiger partial charge in [0.1, 0.15) is 17.1 Å². The number of aromatic nitrogens is 2. The van der Waals surface area contributed by atoms with Crippen molar-refractivity contribution < 1.29 is 4.79 Å². The number of nitrogens with zero attached hydrogens (tertiary/aromatic N) is 3. The predicted molar refractivity (Wildman–Crippen MR) is 78.0 cm³/mol. The molecule has 1 aromatic heterocycles. The second kappa shape index (κ2) is 5.43. The van der Waals surface area contributed by atoms with Gasteiger partial charge in [0.25, 0.3) is 0 Å². The van der Waals surface area contributed by atoms with Crippen molar-refractivity contribution in [2.45, 2.75) is 32.0 Å². The zero-order chi connectivity index (χ0) is 14.1. The lowest BCUT2D eigenvalue weighted by atomic mass is 10.1. The number of carbonyl (C=O) groups excluding carboxylic acids is 1. The van der Waals surface area contributed by atoms with E-state index in [4.69, 9.17) is 0 Å². The first-order valence-corrected chi connectivity index (χ1v) is 7.34. The summed E-state index contributed by atoms with van der Waals surface area (Å²) in [5, 5.41) is 0. The van der Waals surface area contributed by atoms with Crippen LogP contribution in [0.1, 0.15) is 18.9 Å². The molecule has 0 spiro atoms. The number of rotatable bonds is 3. The van der Waals surface area contributed by atoms with Crippen LogP contribution in [0, 0.1) is 0 Å². The van der Waals surface area contributed by atoms with Crippen molar-refractivity contribution >= 4 is 28.7 Å². The van der Waals surface area contributed by atoms with Crippen molar-refractivity contribution in [3.8, 4) is 0 Å². The van der Waals surface area contributed by atoms with Crippen molar-refractivity contribution in [1.82, 2.24) is 24.5 Å². The fraction of sp³-hybridized carbons (Fsp3) is 0.462. The SMILES string of the molecule is CC1CC(C(=O)N(C)Cc2ccc3nsnc3c2)NN1. The number of benzene rings is 1. The Labute approximate surface area is 121 Å². The van der Waals surface area contributed by atoms with Gasteiger partial charge in [-0.25, -0.2) is 5.43 Å². The molecule has 1 aliphatic heterocycles. The van der Waals surface area contributed by atoms with Gasteiger partial charge in [-0.3, -0.25) is 10.2 Å². The average Bonchev–Trinajstić information content (AvgIpc) is 3.05. The summed E-state index contributed by atoms with van der Waals surface area (Å²) in [4.78, 5) is 14.1. The van der Waals surface area contributed by atoms with E-state index in [9.17, 15) is 4.79 Å². The molecule has 3 rings (SSSR count). The van der Waals surface area contributed by atoms with Gasteiger partial charge in [-0.15, -0.1) is 0 Å². The van der Waals surface area contributed by atoms with Gasteiger partial charge in [-0.05, 0) is 31.0 Å². The molecule has 0 bridgehead atoms. The van der Waals surface area contributed by atoms with E-state index in [2.05, 4.69) is 26.5 Å². The number of hydrogen-bond acceptors (Lipinski definition) is 6. The van der Waals surface area contributed by atoms with Crippen LogP contribution in [0.2, 0.25) is 0 Å². The molecule has 106 valence electrons. The van der Waals surface area contributed by atoms with E-state index in [0.29, 0.717) is 12.6 Å². The van der Waals surface area contributed by atoms with Crippen LogP contribution in [0.4, 0.5) is 0 Å². The molecule has 2 aromatic rings. The monoisotopic (exact) mass is 291 g/mol. The Morgan fingerprint density at radius 2 is 2.20 bits per heavy atom. The quantitative estimate of drug-likeness (QED) is 0.879. The van der Waals surface area contributed by atoms with Gasteiger partial charge < -0.3 is 4.90 Å². The smallest absolute Gasteiger partial charge is 0.241 e. The first-order chi connectivity index (χ1) is 9.63. The van der Waals surface area contributed by atoms with Crippen molar-refractivity contribution in [1.29, 1.82) is 0 Å². The number of nitrogens with one attached hydrogen (secondary N) is 2. The van der Waals surface area contributed by atoms with Gasteiger partial charge in [0.2, 0.25) is 5.91 Å². The van der Waals surface area contributed by atoms with E-state index >= 15 is 0 Å². The molecule has 1 amide bonds. The highest BCUT2D eigenvalue weighted by Gasteiger charge is 2.28. The second-order valence-electron chi connectivity index (χ2n) is 5.26. The summed E-state index contributed by atoms with van der Waals surface area (Å²) < 4.78 is 8.40. The third-order valence-corrected chi connectivity index (χ3v) is 4.06. The lowest BCUT2D eigenvalue weighted by Crippen LogP contribution is -2.43. The molecule has 20 heavy (non-hydrogen) atoms. The maximum Gasteiger partial charge on any atom is 0.241 e. The molecule has 2 heterocycles. The molecular formula is C13H17N5OS. The molecule has 2 unspecified atom stereocenters. The van der Waals surface area contributed by atoms with Crippen LogP contribution in [0.3, 0.4) is 0 Å². The van der Waals surface area contributed by atoms with Crippen molar-refractivity contribution in [3.63, 3.8) is 0 Å². The van der Waals surface area contributed by atoms with Gasteiger partial charge in [-0.1, -0.05) is 6.07 Å². The first kappa shape index (κ1) is 13.4. The number of likely N-dealkylation sites (N-methyl/N-ethyl adjacent to an activating group) is 1. The van der Waals surface area contributed by atoms with E-state index in [-0.39, 0.29) is 11.9 Å². The fourth-order valence-corrected chi connectivity index (χ4v) is 2.94. The minimum absolute atomic E-state index is 0.110. The number of fused-ring (bicyclic) bond motifs is 1. The minimum Gasteiger partial charge on any atom is -0.340 e. The van der Waals surface area contributed by atoms with Crippen LogP contribution in [0.25, 0.3) is 11.0 Å². The highest BCUT2D eigenvalue weighted by Crippen LogP contribution is 2.15. The van der Waals surface area contributed by atoms with Crippen molar-refractivity contribution in [3.05, 3.63) is 23.8 Å². The van der Waals surface area contributed by atoms with Crippen LogP contribution in [0.5, 0.6) is 0 Å². The largest absolute Gasteiger partial charge is 0.340 e. The molecule has 1 aliphatic rings. The topological polar surface area (TPSA) is 70.2 Å². The maximum absolute atomic E-state index is 12.3. The minimum atomic E-state index is -0.139. The Morgan fingerprint density at radius 1 is 1.40 bits per heavy atom. The molecule has 0 radical (unpaired) electrons. The van der Waals surface area contributed by atoms with Crippen LogP contribution < -0.4 is 10.9 Å². The van der Waals surface area contributed by atoms with Gasteiger partial charge in [0.05, 0.1) is 11.7 Å². The van der Waals surface area contributed by atoms with Crippen LogP contribution >= 0.6 is 11.7 Å². The highest BCUT2D eigenvalue weighted by molar-refractivity contribution is 7.00. The Hall–Kier alpha value is -1.57. The highest BCUT2D eigenvalue weighted by atomic mass is 32.1. The molecule has 1 saturated heterocycles. The van der Waals surface area contributed by atoms with E-state index in [0.717, 1.165) is 23.0 Å². The molecule has 7 heteroatoms. The van der Waals surface area contributed by atoms with E-state index < -0.39 is 0 Å². The van der Waals surface area contributed by atoms with Gasteiger partial charge in [0, 0.05) is 19.6 Å². The zero-order valence-electron chi connectivity index (χ0n) is 11.5. The van der Waals surface area contributed by atoms with E-state index in [1.54, 1.807) is 4.90 Å². The Morgan fingerprint density at radius 3 is 2.95 bits per heavy atom. The summed E-state index contributed by atoms with van der Waals surface area (Å²) in [6.07, 6.45) is 0.818. The van der Waals surface area contributed by atoms with E-state index in [1.807, 2.05) is 25.2 Å². The third kappa shape index (κ3) is 2.65. The summed E-state index contributed by atoms with van der Waals surface area (Å²) in [5.41, 5.74) is 8.98. The molecule has 1 fully saturated rings. The maximum atomic E-state index is 12.3. The van der Waals surface area contributed by atoms with Crippen LogP contribution in [-0.2, 0) is 11.3 Å². The molecule has 0 aliphatic carbocycles. The lowest BCUT2D eigenvalue weighted by Gasteiger charge is -2.20. The standard InChI is InChI=1S/C13H17N5OS/c1-8-5-12(15-14-8)13(19)18(2)7-9-3-4-10-11(6-9)17-20-16-10/h3-4,6,8,12,14-15H,5,7H2,1-2H3. The molecule has 6 nitrogen and oxygen atoms in total. The Balaban J connectivity index is 1.68. The number of carbonyl (C=O) groups is 1. The molecular weight excluding hydrogens is 274 g/mol. The summed E-state index contributed by atoms with van der Waals surface area (Å²) >= 11 is 1.21. The van der Waals surface area contributed by atoms with Crippen molar-refractivity contribution in [2.75, 3.05) is 7.05 Å². The zero-order valence-corrected chi connectivity index (χ0v) is 12.3. The normalized spacial score (nSPS) is 22.3. The summed E-state index contributed by atoms with van der Waals surface area (Å²) in [5.74, 6) is 0.110. The molecule has 1 aromatic carbocycles. The van der Waals surface area contributed by atoms with Crippen LogP contribution in [0.15, 0.2) is 18.2 Å². The predicted octanol–water partition coefficient (Wildman–Crippen LogP) is 0.905. The fourth-order valence-electron chi connectivity index (χ4n) is 2.42. The Bertz CT molecular complexity index is 628. The van der Waals surface area contributed by atoms with Gasteiger partial charge in [0.15, 0.2) is 0 Å². The average molecular weight is 291 g/mol. The molecule has 0 saturated carbocycles. The number of hydrazine groups is 1. The van der Waals surface area contributed by atoms with E-state index in [1.165, 1.54) is 11.7 Å². The van der Waals surface area contributed by atoms with Gasteiger partial charge >= 0.3 is 0 Å². The van der Waals surface area contributed by atoms with Crippen molar-refractivity contribution in [2.24, 2.45) is 0 Å². The number of amides is 1. The lowest BCUT2D eigenvalue weighted by molar-refractivity contribution is -0.132. The van der Waals surface area contributed by atoms with Crippen LogP contribution in [-0.4, -0.2) is 38.7 Å². The number of hydrogen-bond donors (Lipinski definition) is 2. The van der Waals surface area contributed by atoms with Gasteiger partial charge in [-0.2, -0.15) is 8.75 Å².